The number of nitro groups is 1. The Morgan fingerprint density at radius 3 is 2.81 bits per heavy atom. The van der Waals surface area contributed by atoms with Gasteiger partial charge in [-0.05, 0) is 31.3 Å². The highest BCUT2D eigenvalue weighted by molar-refractivity contribution is 6.32. The first-order valence-electron chi connectivity index (χ1n) is 6.06. The number of halogens is 2. The summed E-state index contributed by atoms with van der Waals surface area (Å²) in [4.78, 5) is 10.4. The molecule has 0 heterocycles. The Hall–Kier alpha value is -2.18. The van der Waals surface area contributed by atoms with Gasteiger partial charge in [0, 0.05) is 18.2 Å². The van der Waals surface area contributed by atoms with Crippen LogP contribution in [0.15, 0.2) is 36.4 Å². The summed E-state index contributed by atoms with van der Waals surface area (Å²) >= 11 is 5.96. The summed E-state index contributed by atoms with van der Waals surface area (Å²) < 4.78 is 18.8. The minimum absolute atomic E-state index is 0.0619. The molecule has 0 bridgehead atoms. The predicted molar refractivity (Wildman–Crippen MR) is 77.3 cm³/mol. The summed E-state index contributed by atoms with van der Waals surface area (Å²) in [7, 11) is 1.70. The molecule has 7 heteroatoms. The van der Waals surface area contributed by atoms with Gasteiger partial charge in [0.15, 0.2) is 0 Å². The highest BCUT2D eigenvalue weighted by Gasteiger charge is 2.20. The maximum Gasteiger partial charge on any atom is 0.313 e. The monoisotopic (exact) mass is 310 g/mol. The molecule has 0 fully saturated rings. The van der Waals surface area contributed by atoms with Crippen molar-refractivity contribution in [1.29, 1.82) is 0 Å². The molecular weight excluding hydrogens is 299 g/mol. The van der Waals surface area contributed by atoms with E-state index in [1.807, 2.05) is 0 Å². The third kappa shape index (κ3) is 3.48. The van der Waals surface area contributed by atoms with Gasteiger partial charge in [-0.15, -0.1) is 0 Å². The van der Waals surface area contributed by atoms with Crippen LogP contribution in [0.1, 0.15) is 5.56 Å². The van der Waals surface area contributed by atoms with Gasteiger partial charge in [-0.25, -0.2) is 4.39 Å². The lowest BCUT2D eigenvalue weighted by Gasteiger charge is -2.12. The van der Waals surface area contributed by atoms with Gasteiger partial charge in [-0.3, -0.25) is 10.1 Å². The molecule has 0 unspecified atom stereocenters. The molecule has 0 aliphatic heterocycles. The summed E-state index contributed by atoms with van der Waals surface area (Å²) in [5.74, 6) is -0.170. The average molecular weight is 311 g/mol. The average Bonchev–Trinajstić information content (AvgIpc) is 2.43. The fourth-order valence-electron chi connectivity index (χ4n) is 1.83. The zero-order valence-electron chi connectivity index (χ0n) is 11.1. The van der Waals surface area contributed by atoms with Crippen LogP contribution in [-0.2, 0) is 6.54 Å². The molecule has 5 nitrogen and oxygen atoms in total. The standard InChI is InChI=1S/C14H12ClFN2O3/c1-17-8-9-7-10(16)5-6-13(9)21-14-11(15)3-2-4-12(14)18(19)20/h2-7,17H,8H2,1H3. The molecule has 0 atom stereocenters. The van der Waals surface area contributed by atoms with Crippen LogP contribution in [0.2, 0.25) is 5.02 Å². The molecule has 0 aliphatic rings. The van der Waals surface area contributed by atoms with E-state index in [0.29, 0.717) is 17.9 Å². The van der Waals surface area contributed by atoms with Crippen LogP contribution in [0.4, 0.5) is 10.1 Å². The molecule has 0 saturated heterocycles. The van der Waals surface area contributed by atoms with E-state index in [2.05, 4.69) is 5.32 Å². The number of hydrogen-bond donors (Lipinski definition) is 1. The second-order valence-electron chi connectivity index (χ2n) is 4.23. The number of ether oxygens (including phenoxy) is 1. The minimum atomic E-state index is -0.581. The Morgan fingerprint density at radius 1 is 1.38 bits per heavy atom. The quantitative estimate of drug-likeness (QED) is 0.672. The molecule has 2 aromatic rings. The summed E-state index contributed by atoms with van der Waals surface area (Å²) in [6.07, 6.45) is 0. The lowest BCUT2D eigenvalue weighted by Crippen LogP contribution is -2.07. The van der Waals surface area contributed by atoms with Crippen LogP contribution < -0.4 is 10.1 Å². The highest BCUT2D eigenvalue weighted by Crippen LogP contribution is 2.38. The van der Waals surface area contributed by atoms with E-state index in [1.165, 1.54) is 36.4 Å². The molecule has 0 aromatic heterocycles. The second kappa shape index (κ2) is 6.51. The Balaban J connectivity index is 2.45. The molecular formula is C14H12ClFN2O3. The molecule has 110 valence electrons. The minimum Gasteiger partial charge on any atom is -0.448 e. The van der Waals surface area contributed by atoms with Crippen molar-refractivity contribution in [2.75, 3.05) is 7.05 Å². The number of nitro benzene ring substituents is 1. The molecule has 2 aromatic carbocycles. The van der Waals surface area contributed by atoms with E-state index in [9.17, 15) is 14.5 Å². The van der Waals surface area contributed by atoms with Crippen LogP contribution in [0.25, 0.3) is 0 Å². The van der Waals surface area contributed by atoms with E-state index in [0.717, 1.165) is 0 Å². The molecule has 2 rings (SSSR count). The highest BCUT2D eigenvalue weighted by atomic mass is 35.5. The Kier molecular flexibility index (Phi) is 4.72. The Bertz CT molecular complexity index is 679. The van der Waals surface area contributed by atoms with Crippen molar-refractivity contribution in [3.8, 4) is 11.5 Å². The Morgan fingerprint density at radius 2 is 2.14 bits per heavy atom. The molecule has 0 spiro atoms. The maximum atomic E-state index is 13.3. The number of rotatable bonds is 5. The van der Waals surface area contributed by atoms with Crippen LogP contribution in [-0.4, -0.2) is 12.0 Å². The third-order valence-corrected chi connectivity index (χ3v) is 3.04. The van der Waals surface area contributed by atoms with Gasteiger partial charge < -0.3 is 10.1 Å². The van der Waals surface area contributed by atoms with Crippen LogP contribution in [0.5, 0.6) is 11.5 Å². The van der Waals surface area contributed by atoms with E-state index >= 15 is 0 Å². The molecule has 0 saturated carbocycles. The second-order valence-corrected chi connectivity index (χ2v) is 4.64. The van der Waals surface area contributed by atoms with Crippen molar-refractivity contribution in [1.82, 2.24) is 5.32 Å². The normalized spacial score (nSPS) is 10.4. The smallest absolute Gasteiger partial charge is 0.313 e. The number of para-hydroxylation sites is 1. The molecule has 21 heavy (non-hydrogen) atoms. The van der Waals surface area contributed by atoms with E-state index in [4.69, 9.17) is 16.3 Å². The number of nitrogens with zero attached hydrogens (tertiary/aromatic N) is 1. The van der Waals surface area contributed by atoms with Crippen molar-refractivity contribution < 1.29 is 14.1 Å². The fourth-order valence-corrected chi connectivity index (χ4v) is 2.04. The zero-order valence-corrected chi connectivity index (χ0v) is 11.9. The summed E-state index contributed by atoms with van der Waals surface area (Å²) in [5.41, 5.74) is 0.286. The molecule has 1 N–H and O–H groups in total. The van der Waals surface area contributed by atoms with Gasteiger partial charge in [0.1, 0.15) is 11.6 Å². The topological polar surface area (TPSA) is 64.4 Å². The Labute approximate surface area is 125 Å². The summed E-state index contributed by atoms with van der Waals surface area (Å²) in [5, 5.41) is 14.0. The lowest BCUT2D eigenvalue weighted by molar-refractivity contribution is -0.385. The number of benzene rings is 2. The molecule has 0 amide bonds. The van der Waals surface area contributed by atoms with Gasteiger partial charge in [0.05, 0.1) is 9.95 Å². The van der Waals surface area contributed by atoms with Crippen LogP contribution in [0.3, 0.4) is 0 Å². The molecule has 0 aliphatic carbocycles. The van der Waals surface area contributed by atoms with Crippen molar-refractivity contribution in [3.63, 3.8) is 0 Å². The molecule has 0 radical (unpaired) electrons. The summed E-state index contributed by atoms with van der Waals surface area (Å²) in [6, 6.07) is 8.18. The zero-order chi connectivity index (χ0) is 15.4. The number of hydrogen-bond acceptors (Lipinski definition) is 4. The van der Waals surface area contributed by atoms with Crippen molar-refractivity contribution >= 4 is 17.3 Å². The van der Waals surface area contributed by atoms with Crippen molar-refractivity contribution in [2.24, 2.45) is 0 Å². The van der Waals surface area contributed by atoms with Crippen LogP contribution in [0, 0.1) is 15.9 Å². The van der Waals surface area contributed by atoms with E-state index < -0.39 is 10.7 Å². The third-order valence-electron chi connectivity index (χ3n) is 2.74. The van der Waals surface area contributed by atoms with Gasteiger partial charge in [-0.2, -0.15) is 0 Å². The summed E-state index contributed by atoms with van der Waals surface area (Å²) in [6.45, 7) is 0.353. The van der Waals surface area contributed by atoms with Gasteiger partial charge in [0.25, 0.3) is 0 Å². The lowest BCUT2D eigenvalue weighted by atomic mass is 10.2. The SMILES string of the molecule is CNCc1cc(F)ccc1Oc1c(Cl)cccc1[N+](=O)[O-]. The van der Waals surface area contributed by atoms with Crippen molar-refractivity contribution in [2.45, 2.75) is 6.54 Å². The number of nitrogens with one attached hydrogen (secondary N) is 1. The van der Waals surface area contributed by atoms with E-state index in [1.54, 1.807) is 7.05 Å². The van der Waals surface area contributed by atoms with Gasteiger partial charge in [0.2, 0.25) is 5.75 Å². The largest absolute Gasteiger partial charge is 0.448 e. The fraction of sp³-hybridized carbons (Fsp3) is 0.143. The van der Waals surface area contributed by atoms with Crippen LogP contribution >= 0.6 is 11.6 Å². The van der Waals surface area contributed by atoms with Crippen molar-refractivity contribution in [3.05, 3.63) is 62.9 Å². The first-order chi connectivity index (χ1) is 10.0. The first-order valence-corrected chi connectivity index (χ1v) is 6.44. The first kappa shape index (κ1) is 15.2. The maximum absolute atomic E-state index is 13.3. The van der Waals surface area contributed by atoms with Gasteiger partial charge in [-0.1, -0.05) is 17.7 Å². The van der Waals surface area contributed by atoms with E-state index in [-0.39, 0.29) is 16.5 Å². The van der Waals surface area contributed by atoms with Gasteiger partial charge >= 0.3 is 5.69 Å². The predicted octanol–water partition coefficient (Wildman–Crippen LogP) is 3.90.